The van der Waals surface area contributed by atoms with Gasteiger partial charge >= 0.3 is 5.97 Å². The molecule has 0 amide bonds. The molecule has 1 saturated heterocycles. The summed E-state index contributed by atoms with van der Waals surface area (Å²) < 4.78 is 0. The highest BCUT2D eigenvalue weighted by Crippen LogP contribution is 2.25. The van der Waals surface area contributed by atoms with Crippen molar-refractivity contribution in [2.75, 3.05) is 6.54 Å². The molecule has 0 saturated carbocycles. The first-order valence-electron chi connectivity index (χ1n) is 5.85. The Bertz CT molecular complexity index is 396. The monoisotopic (exact) mass is 253 g/mol. The minimum atomic E-state index is -0.800. The second kappa shape index (κ2) is 5.07. The number of hydrogen-bond donors (Lipinski definition) is 2. The summed E-state index contributed by atoms with van der Waals surface area (Å²) in [6.45, 7) is 0.778. The third-order valence-corrected chi connectivity index (χ3v) is 3.57. The summed E-state index contributed by atoms with van der Waals surface area (Å²) >= 11 is 5.82. The Kier molecular flexibility index (Phi) is 3.69. The molecule has 1 atom stereocenters. The van der Waals surface area contributed by atoms with Gasteiger partial charge in [-0.05, 0) is 43.5 Å². The summed E-state index contributed by atoms with van der Waals surface area (Å²) in [6, 6.07) is 7.39. The molecular formula is C13H16ClNO2. The molecule has 1 aliphatic rings. The highest BCUT2D eigenvalue weighted by atomic mass is 35.5. The van der Waals surface area contributed by atoms with Crippen molar-refractivity contribution in [2.45, 2.75) is 31.2 Å². The zero-order valence-corrected chi connectivity index (χ0v) is 10.3. The van der Waals surface area contributed by atoms with Crippen LogP contribution >= 0.6 is 11.6 Å². The fourth-order valence-electron chi connectivity index (χ4n) is 2.33. The van der Waals surface area contributed by atoms with Crippen LogP contribution in [0.1, 0.15) is 24.8 Å². The zero-order valence-electron chi connectivity index (χ0n) is 9.58. The zero-order chi connectivity index (χ0) is 12.3. The topological polar surface area (TPSA) is 49.3 Å². The Hall–Kier alpha value is -1.06. The summed E-state index contributed by atoms with van der Waals surface area (Å²) in [5, 5.41) is 13.3. The van der Waals surface area contributed by atoms with Gasteiger partial charge in [-0.3, -0.25) is 4.79 Å². The van der Waals surface area contributed by atoms with Gasteiger partial charge in [0.1, 0.15) is 5.54 Å². The van der Waals surface area contributed by atoms with Crippen molar-refractivity contribution in [1.82, 2.24) is 5.32 Å². The normalized spacial score (nSPS) is 24.5. The molecule has 3 nitrogen and oxygen atoms in total. The van der Waals surface area contributed by atoms with E-state index in [4.69, 9.17) is 11.6 Å². The van der Waals surface area contributed by atoms with Gasteiger partial charge in [-0.15, -0.1) is 0 Å². The van der Waals surface area contributed by atoms with Crippen molar-refractivity contribution in [3.63, 3.8) is 0 Å². The lowest BCUT2D eigenvalue weighted by molar-refractivity contribution is -0.146. The van der Waals surface area contributed by atoms with Crippen LogP contribution < -0.4 is 5.32 Å². The number of carboxylic acids is 1. The number of benzene rings is 1. The van der Waals surface area contributed by atoms with Gasteiger partial charge in [0, 0.05) is 11.4 Å². The van der Waals surface area contributed by atoms with E-state index in [0.717, 1.165) is 24.9 Å². The maximum atomic E-state index is 11.5. The summed E-state index contributed by atoms with van der Waals surface area (Å²) in [6.07, 6.45) is 3.22. The molecule has 2 rings (SSSR count). The van der Waals surface area contributed by atoms with Crippen LogP contribution in [0, 0.1) is 0 Å². The molecule has 1 aromatic carbocycles. The first kappa shape index (κ1) is 12.4. The van der Waals surface area contributed by atoms with E-state index < -0.39 is 11.5 Å². The van der Waals surface area contributed by atoms with Crippen molar-refractivity contribution >= 4 is 17.6 Å². The van der Waals surface area contributed by atoms with E-state index in [1.165, 1.54) is 0 Å². The third-order valence-electron chi connectivity index (χ3n) is 3.32. The molecule has 92 valence electrons. The van der Waals surface area contributed by atoms with Crippen molar-refractivity contribution in [3.8, 4) is 0 Å². The molecule has 0 aliphatic carbocycles. The van der Waals surface area contributed by atoms with E-state index in [1.807, 2.05) is 12.1 Å². The minimum Gasteiger partial charge on any atom is -0.480 e. The van der Waals surface area contributed by atoms with Crippen LogP contribution in [-0.2, 0) is 11.2 Å². The predicted octanol–water partition coefficient (Wildman–Crippen LogP) is 2.48. The molecule has 1 aromatic rings. The van der Waals surface area contributed by atoms with E-state index in [1.54, 1.807) is 12.1 Å². The Balaban J connectivity index is 2.17. The van der Waals surface area contributed by atoms with Crippen LogP contribution in [0.25, 0.3) is 0 Å². The number of carbonyl (C=O) groups is 1. The summed E-state index contributed by atoms with van der Waals surface area (Å²) in [7, 11) is 0. The molecule has 0 bridgehead atoms. The van der Waals surface area contributed by atoms with E-state index in [2.05, 4.69) is 5.32 Å². The summed E-state index contributed by atoms with van der Waals surface area (Å²) in [5.74, 6) is -0.757. The third kappa shape index (κ3) is 2.79. The second-order valence-corrected chi connectivity index (χ2v) is 5.01. The minimum absolute atomic E-state index is 0.513. The molecule has 1 fully saturated rings. The van der Waals surface area contributed by atoms with Gasteiger partial charge in [-0.25, -0.2) is 0 Å². The first-order valence-corrected chi connectivity index (χ1v) is 6.23. The number of rotatable bonds is 3. The average Bonchev–Trinajstić information content (AvgIpc) is 2.33. The molecule has 0 spiro atoms. The number of halogens is 1. The Morgan fingerprint density at radius 2 is 2.06 bits per heavy atom. The van der Waals surface area contributed by atoms with Gasteiger partial charge in [0.25, 0.3) is 0 Å². The van der Waals surface area contributed by atoms with Crippen molar-refractivity contribution in [1.29, 1.82) is 0 Å². The van der Waals surface area contributed by atoms with Gasteiger partial charge in [-0.2, -0.15) is 0 Å². The van der Waals surface area contributed by atoms with Crippen LogP contribution in [0.15, 0.2) is 24.3 Å². The van der Waals surface area contributed by atoms with E-state index >= 15 is 0 Å². The van der Waals surface area contributed by atoms with Crippen molar-refractivity contribution in [2.24, 2.45) is 0 Å². The van der Waals surface area contributed by atoms with Crippen LogP contribution in [-0.4, -0.2) is 23.2 Å². The van der Waals surface area contributed by atoms with Crippen molar-refractivity contribution in [3.05, 3.63) is 34.9 Å². The molecule has 0 radical (unpaired) electrons. The van der Waals surface area contributed by atoms with Gasteiger partial charge in [0.15, 0.2) is 0 Å². The molecule has 4 heteroatoms. The summed E-state index contributed by atoms with van der Waals surface area (Å²) in [5.41, 5.74) is 0.206. The molecule has 17 heavy (non-hydrogen) atoms. The molecule has 1 unspecified atom stereocenters. The number of aliphatic carboxylic acids is 1. The summed E-state index contributed by atoms with van der Waals surface area (Å²) in [4.78, 5) is 11.5. The van der Waals surface area contributed by atoms with Crippen molar-refractivity contribution < 1.29 is 9.90 Å². The van der Waals surface area contributed by atoms with Crippen LogP contribution in [0.2, 0.25) is 5.02 Å². The largest absolute Gasteiger partial charge is 0.480 e. The van der Waals surface area contributed by atoms with E-state index in [-0.39, 0.29) is 0 Å². The molecular weight excluding hydrogens is 238 g/mol. The SMILES string of the molecule is O=C(O)C1(Cc2ccc(Cl)cc2)CCCCN1. The standard InChI is InChI=1S/C13H16ClNO2/c14-11-5-3-10(4-6-11)9-13(12(16)17)7-1-2-8-15-13/h3-6,15H,1-2,7-9H2,(H,16,17). The fraction of sp³-hybridized carbons (Fsp3) is 0.462. The lowest BCUT2D eigenvalue weighted by Gasteiger charge is -2.34. The Labute approximate surface area is 106 Å². The molecule has 2 N–H and O–H groups in total. The van der Waals surface area contributed by atoms with Crippen LogP contribution in [0.4, 0.5) is 0 Å². The average molecular weight is 254 g/mol. The number of nitrogens with one attached hydrogen (secondary N) is 1. The maximum absolute atomic E-state index is 11.5. The van der Waals surface area contributed by atoms with E-state index in [9.17, 15) is 9.90 Å². The Morgan fingerprint density at radius 3 is 2.59 bits per heavy atom. The Morgan fingerprint density at radius 1 is 1.35 bits per heavy atom. The lowest BCUT2D eigenvalue weighted by atomic mass is 9.83. The second-order valence-electron chi connectivity index (χ2n) is 4.57. The molecule has 0 aromatic heterocycles. The van der Waals surface area contributed by atoms with Gasteiger partial charge in [0.2, 0.25) is 0 Å². The first-order chi connectivity index (χ1) is 8.12. The fourth-order valence-corrected chi connectivity index (χ4v) is 2.45. The highest BCUT2D eigenvalue weighted by molar-refractivity contribution is 6.30. The van der Waals surface area contributed by atoms with Gasteiger partial charge in [-0.1, -0.05) is 23.7 Å². The maximum Gasteiger partial charge on any atom is 0.324 e. The molecule has 1 aliphatic heterocycles. The molecule has 1 heterocycles. The predicted molar refractivity (Wildman–Crippen MR) is 67.4 cm³/mol. The van der Waals surface area contributed by atoms with Gasteiger partial charge in [0.05, 0.1) is 0 Å². The quantitative estimate of drug-likeness (QED) is 0.870. The number of piperidine rings is 1. The van der Waals surface area contributed by atoms with Crippen LogP contribution in [0.5, 0.6) is 0 Å². The lowest BCUT2D eigenvalue weighted by Crippen LogP contribution is -2.56. The smallest absolute Gasteiger partial charge is 0.324 e. The van der Waals surface area contributed by atoms with Gasteiger partial charge < -0.3 is 10.4 Å². The number of hydrogen-bond acceptors (Lipinski definition) is 2. The van der Waals surface area contributed by atoms with Crippen LogP contribution in [0.3, 0.4) is 0 Å². The number of carboxylic acid groups (broad SMARTS) is 1. The van der Waals surface area contributed by atoms with E-state index in [0.29, 0.717) is 17.9 Å². The highest BCUT2D eigenvalue weighted by Gasteiger charge is 2.39.